The first-order valence-corrected chi connectivity index (χ1v) is 7.97. The van der Waals surface area contributed by atoms with Gasteiger partial charge >= 0.3 is 6.09 Å². The van der Waals surface area contributed by atoms with Crippen LogP contribution in [0.3, 0.4) is 0 Å². The number of hydrogen-bond acceptors (Lipinski definition) is 3. The van der Waals surface area contributed by atoms with Gasteiger partial charge in [-0.25, -0.2) is 4.79 Å². The molecule has 0 radical (unpaired) electrons. The summed E-state index contributed by atoms with van der Waals surface area (Å²) in [6.45, 7) is 5.49. The number of rotatable bonds is 4. The van der Waals surface area contributed by atoms with E-state index in [1.165, 1.54) is 0 Å². The van der Waals surface area contributed by atoms with Crippen molar-refractivity contribution in [2.75, 3.05) is 7.05 Å². The second kappa shape index (κ2) is 7.00. The predicted molar refractivity (Wildman–Crippen MR) is 96.8 cm³/mol. The van der Waals surface area contributed by atoms with Gasteiger partial charge in [-0.05, 0) is 32.4 Å². The Bertz CT molecular complexity index is 703. The molecule has 23 heavy (non-hydrogen) atoms. The summed E-state index contributed by atoms with van der Waals surface area (Å²) in [5, 5.41) is 6.92. The first kappa shape index (κ1) is 17.3. The summed E-state index contributed by atoms with van der Waals surface area (Å²) in [6.07, 6.45) is 2.07. The van der Waals surface area contributed by atoms with Gasteiger partial charge in [-0.15, -0.1) is 0 Å². The Hall–Kier alpha value is -2.08. The van der Waals surface area contributed by atoms with Crippen molar-refractivity contribution in [2.45, 2.75) is 38.8 Å². The zero-order chi connectivity index (χ0) is 17.0. The van der Waals surface area contributed by atoms with Crippen LogP contribution in [0.25, 0.3) is 10.9 Å². The monoisotopic (exact) mass is 333 g/mol. The van der Waals surface area contributed by atoms with Crippen LogP contribution in [0, 0.1) is 0 Å². The summed E-state index contributed by atoms with van der Waals surface area (Å²) in [5.41, 5.74) is 1.62. The van der Waals surface area contributed by atoms with Gasteiger partial charge in [0.05, 0.1) is 11.0 Å². The van der Waals surface area contributed by atoms with Gasteiger partial charge < -0.3 is 20.4 Å². The third-order valence-electron chi connectivity index (χ3n) is 3.35. The molecule has 3 N–H and O–H groups in total. The van der Waals surface area contributed by atoms with E-state index in [0.717, 1.165) is 16.5 Å². The Balaban J connectivity index is 2.16. The first-order valence-electron chi connectivity index (χ1n) is 7.56. The van der Waals surface area contributed by atoms with Crippen LogP contribution in [0.2, 0.25) is 0 Å². The lowest BCUT2D eigenvalue weighted by molar-refractivity contribution is 0.0518. The molecular weight excluding hydrogens is 310 g/mol. The van der Waals surface area contributed by atoms with Crippen LogP contribution in [0.15, 0.2) is 30.5 Å². The highest BCUT2D eigenvalue weighted by atomic mass is 32.1. The summed E-state index contributed by atoms with van der Waals surface area (Å²) >= 11 is 5.34. The standard InChI is InChI=1S/C17H23N3O2S/c1-17(2,3)22-16(21)20-14(15(23)18-4)9-11-10-19-13-8-6-5-7-12(11)13/h5-8,10,14,19H,9H2,1-4H3,(H,18,23)(H,20,21)/t14-/m1/s1. The molecule has 0 bridgehead atoms. The normalized spacial score (nSPS) is 12.7. The molecule has 0 spiro atoms. The fourth-order valence-corrected chi connectivity index (χ4v) is 2.50. The molecule has 1 aromatic carbocycles. The number of hydrogen-bond donors (Lipinski definition) is 3. The van der Waals surface area contributed by atoms with E-state index < -0.39 is 11.7 Å². The Kier molecular flexibility index (Phi) is 5.26. The van der Waals surface area contributed by atoms with Crippen LogP contribution in [0.4, 0.5) is 4.79 Å². The molecule has 1 heterocycles. The SMILES string of the molecule is CNC(=S)[C@@H](Cc1c[nH]c2ccccc12)NC(=O)OC(C)(C)C. The van der Waals surface area contributed by atoms with E-state index in [9.17, 15) is 4.79 Å². The average molecular weight is 333 g/mol. The molecule has 1 atom stereocenters. The molecule has 0 saturated heterocycles. The van der Waals surface area contributed by atoms with Gasteiger partial charge in [0.2, 0.25) is 0 Å². The molecule has 124 valence electrons. The molecule has 0 saturated carbocycles. The Labute approximate surface area is 141 Å². The fraction of sp³-hybridized carbons (Fsp3) is 0.412. The second-order valence-corrected chi connectivity index (χ2v) is 6.82. The van der Waals surface area contributed by atoms with E-state index in [2.05, 4.69) is 15.6 Å². The van der Waals surface area contributed by atoms with Crippen LogP contribution < -0.4 is 10.6 Å². The molecule has 2 rings (SSSR count). The summed E-state index contributed by atoms with van der Waals surface area (Å²) in [4.78, 5) is 15.9. The van der Waals surface area contributed by atoms with E-state index in [0.29, 0.717) is 11.4 Å². The second-order valence-electron chi connectivity index (χ2n) is 6.38. The van der Waals surface area contributed by atoms with Crippen molar-refractivity contribution in [1.82, 2.24) is 15.6 Å². The van der Waals surface area contributed by atoms with Crippen LogP contribution in [-0.4, -0.2) is 34.8 Å². The number of amides is 1. The number of carbonyl (C=O) groups excluding carboxylic acids is 1. The number of thiocarbonyl (C=S) groups is 1. The molecule has 6 heteroatoms. The third kappa shape index (κ3) is 4.69. The number of aromatic nitrogens is 1. The third-order valence-corrected chi connectivity index (χ3v) is 3.84. The van der Waals surface area contributed by atoms with Gasteiger partial charge in [-0.1, -0.05) is 30.4 Å². The minimum Gasteiger partial charge on any atom is -0.444 e. The maximum Gasteiger partial charge on any atom is 0.408 e. The summed E-state index contributed by atoms with van der Waals surface area (Å²) in [7, 11) is 1.75. The molecule has 2 aromatic rings. The molecule has 0 unspecified atom stereocenters. The van der Waals surface area contributed by atoms with E-state index in [1.807, 2.05) is 51.2 Å². The lowest BCUT2D eigenvalue weighted by Gasteiger charge is -2.24. The van der Waals surface area contributed by atoms with Gasteiger partial charge in [0.15, 0.2) is 0 Å². The van der Waals surface area contributed by atoms with Gasteiger partial charge in [-0.3, -0.25) is 0 Å². The minimum atomic E-state index is -0.545. The number of carbonyl (C=O) groups is 1. The van der Waals surface area contributed by atoms with Crippen molar-refractivity contribution in [2.24, 2.45) is 0 Å². The Morgan fingerprint density at radius 3 is 2.70 bits per heavy atom. The van der Waals surface area contributed by atoms with E-state index in [-0.39, 0.29) is 6.04 Å². The maximum atomic E-state index is 12.1. The lowest BCUT2D eigenvalue weighted by atomic mass is 10.0. The first-order chi connectivity index (χ1) is 10.8. The minimum absolute atomic E-state index is 0.330. The van der Waals surface area contributed by atoms with E-state index in [4.69, 9.17) is 17.0 Å². The maximum absolute atomic E-state index is 12.1. The topological polar surface area (TPSA) is 66.2 Å². The number of benzene rings is 1. The van der Waals surface area contributed by atoms with Crippen molar-refractivity contribution >= 4 is 34.2 Å². The number of fused-ring (bicyclic) bond motifs is 1. The van der Waals surface area contributed by atoms with Gasteiger partial charge in [0.25, 0.3) is 0 Å². The molecule has 1 amide bonds. The lowest BCUT2D eigenvalue weighted by Crippen LogP contribution is -2.47. The number of aromatic amines is 1. The van der Waals surface area contributed by atoms with Crippen molar-refractivity contribution in [3.63, 3.8) is 0 Å². The molecule has 1 aromatic heterocycles. The zero-order valence-electron chi connectivity index (χ0n) is 13.9. The summed E-state index contributed by atoms with van der Waals surface area (Å²) in [6, 6.07) is 7.72. The van der Waals surface area contributed by atoms with Gasteiger partial charge in [-0.2, -0.15) is 0 Å². The fourth-order valence-electron chi connectivity index (χ4n) is 2.35. The van der Waals surface area contributed by atoms with Crippen LogP contribution >= 0.6 is 12.2 Å². The van der Waals surface area contributed by atoms with Crippen molar-refractivity contribution in [3.05, 3.63) is 36.0 Å². The molecular formula is C17H23N3O2S. The summed E-state index contributed by atoms with van der Waals surface area (Å²) in [5.74, 6) is 0. The van der Waals surface area contributed by atoms with Gasteiger partial charge in [0.1, 0.15) is 5.60 Å². The zero-order valence-corrected chi connectivity index (χ0v) is 14.7. The smallest absolute Gasteiger partial charge is 0.408 e. The molecule has 5 nitrogen and oxygen atoms in total. The Morgan fingerprint density at radius 1 is 1.35 bits per heavy atom. The van der Waals surface area contributed by atoms with E-state index >= 15 is 0 Å². The largest absolute Gasteiger partial charge is 0.444 e. The number of H-pyrrole nitrogens is 1. The van der Waals surface area contributed by atoms with Crippen LogP contribution in [-0.2, 0) is 11.2 Å². The summed E-state index contributed by atoms with van der Waals surface area (Å²) < 4.78 is 5.32. The number of ether oxygens (including phenoxy) is 1. The molecule has 0 aliphatic rings. The molecule has 0 aliphatic carbocycles. The Morgan fingerprint density at radius 2 is 2.04 bits per heavy atom. The van der Waals surface area contributed by atoms with Crippen molar-refractivity contribution in [1.29, 1.82) is 0 Å². The highest BCUT2D eigenvalue weighted by molar-refractivity contribution is 7.80. The van der Waals surface area contributed by atoms with Gasteiger partial charge in [0, 0.05) is 30.6 Å². The quantitative estimate of drug-likeness (QED) is 0.752. The highest BCUT2D eigenvalue weighted by Crippen LogP contribution is 2.19. The number of likely N-dealkylation sites (N-methyl/N-ethyl adjacent to an activating group) is 1. The van der Waals surface area contributed by atoms with E-state index in [1.54, 1.807) is 7.05 Å². The molecule has 0 fully saturated rings. The van der Waals surface area contributed by atoms with Crippen molar-refractivity contribution in [3.8, 4) is 0 Å². The van der Waals surface area contributed by atoms with Crippen LogP contribution in [0.1, 0.15) is 26.3 Å². The molecule has 0 aliphatic heterocycles. The highest BCUT2D eigenvalue weighted by Gasteiger charge is 2.22. The average Bonchev–Trinajstić information content (AvgIpc) is 2.87. The van der Waals surface area contributed by atoms with Crippen molar-refractivity contribution < 1.29 is 9.53 Å². The number of alkyl carbamates (subject to hydrolysis) is 1. The number of para-hydroxylation sites is 1. The number of nitrogens with one attached hydrogen (secondary N) is 3. The van der Waals surface area contributed by atoms with Crippen LogP contribution in [0.5, 0.6) is 0 Å². The predicted octanol–water partition coefficient (Wildman–Crippen LogP) is 3.15.